The molecule has 0 aliphatic rings. The molecule has 0 bridgehead atoms. The Labute approximate surface area is 110 Å². The Hall–Kier alpha value is -1.06. The zero-order valence-corrected chi connectivity index (χ0v) is 11.8. The van der Waals surface area contributed by atoms with Gasteiger partial charge in [-0.05, 0) is 31.4 Å². The Morgan fingerprint density at radius 1 is 1.22 bits per heavy atom. The Bertz CT molecular complexity index is 374. The number of hydrogen-bond donors (Lipinski definition) is 1. The van der Waals surface area contributed by atoms with E-state index in [1.54, 1.807) is 7.11 Å². The molecule has 1 rings (SSSR count). The first-order valence-electron chi connectivity index (χ1n) is 6.51. The zero-order valence-electron chi connectivity index (χ0n) is 11.8. The van der Waals surface area contributed by atoms with Crippen LogP contribution in [0.4, 0.5) is 0 Å². The molecule has 0 aliphatic heterocycles. The first-order valence-corrected chi connectivity index (χ1v) is 6.51. The minimum atomic E-state index is -0.531. The molecule has 0 aromatic heterocycles. The molecular formula is C15H24O3. The topological polar surface area (TPSA) is 38.7 Å². The lowest BCUT2D eigenvalue weighted by Crippen LogP contribution is -2.07. The maximum atomic E-state index is 10.2. The number of aliphatic hydroxyl groups is 1. The maximum Gasteiger partial charge on any atom is 0.127 e. The number of rotatable bonds is 7. The van der Waals surface area contributed by atoms with Gasteiger partial charge in [0, 0.05) is 25.2 Å². The number of methoxy groups -OCH3 is 1. The number of aryl methyl sites for hydroxylation is 1. The van der Waals surface area contributed by atoms with Crippen LogP contribution in [0.1, 0.15) is 42.6 Å². The van der Waals surface area contributed by atoms with Crippen LogP contribution in [0.25, 0.3) is 0 Å². The van der Waals surface area contributed by atoms with E-state index in [2.05, 4.69) is 6.92 Å². The summed E-state index contributed by atoms with van der Waals surface area (Å²) in [4.78, 5) is 0. The third kappa shape index (κ3) is 3.72. The maximum absolute atomic E-state index is 10.2. The molecule has 0 saturated carbocycles. The van der Waals surface area contributed by atoms with Crippen LogP contribution in [-0.2, 0) is 4.74 Å². The first-order chi connectivity index (χ1) is 8.61. The van der Waals surface area contributed by atoms with Crippen molar-refractivity contribution in [3.05, 3.63) is 28.8 Å². The summed E-state index contributed by atoms with van der Waals surface area (Å²) in [7, 11) is 1.64. The van der Waals surface area contributed by atoms with Crippen molar-refractivity contribution in [1.82, 2.24) is 0 Å². The zero-order chi connectivity index (χ0) is 13.5. The highest BCUT2D eigenvalue weighted by molar-refractivity contribution is 5.46. The first kappa shape index (κ1) is 15.0. The predicted molar refractivity (Wildman–Crippen MR) is 73.2 cm³/mol. The molecule has 18 heavy (non-hydrogen) atoms. The van der Waals surface area contributed by atoms with Crippen LogP contribution in [0.5, 0.6) is 5.75 Å². The fourth-order valence-electron chi connectivity index (χ4n) is 1.94. The van der Waals surface area contributed by atoms with Crippen LogP contribution in [0.15, 0.2) is 12.1 Å². The lowest BCUT2D eigenvalue weighted by Gasteiger charge is -2.18. The summed E-state index contributed by atoms with van der Waals surface area (Å²) < 4.78 is 10.8. The number of hydrogen-bond acceptors (Lipinski definition) is 3. The molecule has 0 radical (unpaired) electrons. The van der Waals surface area contributed by atoms with Gasteiger partial charge in [-0.15, -0.1) is 0 Å². The van der Waals surface area contributed by atoms with Crippen molar-refractivity contribution in [2.45, 2.75) is 39.7 Å². The predicted octanol–water partition coefficient (Wildman–Crippen LogP) is 3.16. The van der Waals surface area contributed by atoms with Crippen molar-refractivity contribution in [3.8, 4) is 5.75 Å². The third-order valence-corrected chi connectivity index (χ3v) is 3.15. The van der Waals surface area contributed by atoms with E-state index in [9.17, 15) is 5.11 Å². The lowest BCUT2D eigenvalue weighted by atomic mass is 9.99. The normalized spacial score (nSPS) is 12.5. The van der Waals surface area contributed by atoms with Gasteiger partial charge in [0.25, 0.3) is 0 Å². The van der Waals surface area contributed by atoms with Gasteiger partial charge >= 0.3 is 0 Å². The lowest BCUT2D eigenvalue weighted by molar-refractivity contribution is 0.0810. The highest BCUT2D eigenvalue weighted by atomic mass is 16.5. The van der Waals surface area contributed by atoms with Crippen molar-refractivity contribution in [2.24, 2.45) is 0 Å². The second kappa shape index (κ2) is 7.39. The van der Waals surface area contributed by atoms with Gasteiger partial charge in [-0.2, -0.15) is 0 Å². The average Bonchev–Trinajstić information content (AvgIpc) is 2.37. The quantitative estimate of drug-likeness (QED) is 0.758. The van der Waals surface area contributed by atoms with Gasteiger partial charge in [-0.1, -0.05) is 19.1 Å². The SMILES string of the molecule is CCCOCCC(O)c1ccc(C)c(C)c1OC. The van der Waals surface area contributed by atoms with Gasteiger partial charge in [0.1, 0.15) is 5.75 Å². The summed E-state index contributed by atoms with van der Waals surface area (Å²) in [5, 5.41) is 10.2. The van der Waals surface area contributed by atoms with Gasteiger partial charge in [0.2, 0.25) is 0 Å². The Morgan fingerprint density at radius 2 is 1.94 bits per heavy atom. The molecule has 3 heteroatoms. The number of ether oxygens (including phenoxy) is 2. The summed E-state index contributed by atoms with van der Waals surface area (Å²) in [6, 6.07) is 3.95. The molecule has 0 aliphatic carbocycles. The minimum Gasteiger partial charge on any atom is -0.496 e. The molecule has 1 atom stereocenters. The molecule has 1 N–H and O–H groups in total. The molecule has 1 aromatic carbocycles. The molecule has 102 valence electrons. The van der Waals surface area contributed by atoms with Gasteiger partial charge in [-0.25, -0.2) is 0 Å². The summed E-state index contributed by atoms with van der Waals surface area (Å²) in [6.07, 6.45) is 1.07. The second-order valence-electron chi connectivity index (χ2n) is 4.55. The molecule has 1 unspecified atom stereocenters. The molecule has 0 amide bonds. The Kier molecular flexibility index (Phi) is 6.16. The van der Waals surface area contributed by atoms with Crippen molar-refractivity contribution >= 4 is 0 Å². The largest absolute Gasteiger partial charge is 0.496 e. The standard InChI is InChI=1S/C15H24O3/c1-5-9-18-10-8-14(16)13-7-6-11(2)12(3)15(13)17-4/h6-7,14,16H,5,8-10H2,1-4H3. The van der Waals surface area contributed by atoms with Gasteiger partial charge in [-0.3, -0.25) is 0 Å². The number of aliphatic hydroxyl groups excluding tert-OH is 1. The van der Waals surface area contributed by atoms with Crippen LogP contribution in [-0.4, -0.2) is 25.4 Å². The smallest absolute Gasteiger partial charge is 0.127 e. The van der Waals surface area contributed by atoms with Gasteiger partial charge in [0.15, 0.2) is 0 Å². The second-order valence-corrected chi connectivity index (χ2v) is 4.55. The summed E-state index contributed by atoms with van der Waals surface area (Å²) in [5.41, 5.74) is 3.11. The number of benzene rings is 1. The van der Waals surface area contributed by atoms with Crippen molar-refractivity contribution in [2.75, 3.05) is 20.3 Å². The van der Waals surface area contributed by atoms with E-state index >= 15 is 0 Å². The minimum absolute atomic E-state index is 0.531. The van der Waals surface area contributed by atoms with Crippen molar-refractivity contribution < 1.29 is 14.6 Å². The van der Waals surface area contributed by atoms with Crippen LogP contribution in [0.3, 0.4) is 0 Å². The molecule has 0 saturated heterocycles. The van der Waals surface area contributed by atoms with E-state index in [0.717, 1.165) is 29.9 Å². The van der Waals surface area contributed by atoms with E-state index in [-0.39, 0.29) is 0 Å². The van der Waals surface area contributed by atoms with Crippen LogP contribution in [0, 0.1) is 13.8 Å². The molecule has 0 spiro atoms. The van der Waals surface area contributed by atoms with E-state index in [0.29, 0.717) is 13.0 Å². The fraction of sp³-hybridized carbons (Fsp3) is 0.600. The van der Waals surface area contributed by atoms with Crippen molar-refractivity contribution in [1.29, 1.82) is 0 Å². The van der Waals surface area contributed by atoms with Gasteiger partial charge in [0.05, 0.1) is 13.2 Å². The third-order valence-electron chi connectivity index (χ3n) is 3.15. The average molecular weight is 252 g/mol. The highest BCUT2D eigenvalue weighted by Gasteiger charge is 2.15. The summed E-state index contributed by atoms with van der Waals surface area (Å²) >= 11 is 0. The van der Waals surface area contributed by atoms with E-state index in [1.165, 1.54) is 5.56 Å². The molecule has 0 fully saturated rings. The van der Waals surface area contributed by atoms with E-state index in [4.69, 9.17) is 9.47 Å². The summed E-state index contributed by atoms with van der Waals surface area (Å²) in [6.45, 7) is 7.45. The monoisotopic (exact) mass is 252 g/mol. The van der Waals surface area contributed by atoms with Crippen LogP contribution < -0.4 is 4.74 Å². The molecular weight excluding hydrogens is 228 g/mol. The Balaban J connectivity index is 2.73. The fourth-order valence-corrected chi connectivity index (χ4v) is 1.94. The summed E-state index contributed by atoms with van der Waals surface area (Å²) in [5.74, 6) is 0.790. The highest BCUT2D eigenvalue weighted by Crippen LogP contribution is 2.32. The van der Waals surface area contributed by atoms with E-state index < -0.39 is 6.10 Å². The molecule has 1 aromatic rings. The van der Waals surface area contributed by atoms with Crippen LogP contribution >= 0.6 is 0 Å². The molecule has 3 nitrogen and oxygen atoms in total. The van der Waals surface area contributed by atoms with Gasteiger partial charge < -0.3 is 14.6 Å². The van der Waals surface area contributed by atoms with E-state index in [1.807, 2.05) is 26.0 Å². The Morgan fingerprint density at radius 3 is 2.56 bits per heavy atom. The van der Waals surface area contributed by atoms with Crippen LogP contribution in [0.2, 0.25) is 0 Å². The molecule has 0 heterocycles. The van der Waals surface area contributed by atoms with Crippen molar-refractivity contribution in [3.63, 3.8) is 0 Å².